The predicted octanol–water partition coefficient (Wildman–Crippen LogP) is 2.92. The summed E-state index contributed by atoms with van der Waals surface area (Å²) < 4.78 is 5.48. The fourth-order valence-corrected chi connectivity index (χ4v) is 2.52. The van der Waals surface area contributed by atoms with Gasteiger partial charge in [0.1, 0.15) is 0 Å². The molecular formula is C15H33NO2S. The van der Waals surface area contributed by atoms with Gasteiger partial charge in [-0.25, -0.2) is 0 Å². The van der Waals surface area contributed by atoms with Crippen molar-refractivity contribution in [3.05, 3.63) is 0 Å². The van der Waals surface area contributed by atoms with Crippen molar-refractivity contribution in [1.29, 1.82) is 0 Å². The highest BCUT2D eigenvalue weighted by Crippen LogP contribution is 2.04. The van der Waals surface area contributed by atoms with Gasteiger partial charge in [0, 0.05) is 19.2 Å². The van der Waals surface area contributed by atoms with Gasteiger partial charge in [-0.2, -0.15) is 11.8 Å². The van der Waals surface area contributed by atoms with Gasteiger partial charge in [-0.3, -0.25) is 0 Å². The summed E-state index contributed by atoms with van der Waals surface area (Å²) in [5.74, 6) is 3.10. The second-order valence-corrected chi connectivity index (χ2v) is 6.95. The maximum atomic E-state index is 9.79. The summed E-state index contributed by atoms with van der Waals surface area (Å²) in [4.78, 5) is 0. The first kappa shape index (κ1) is 19.2. The van der Waals surface area contributed by atoms with Crippen molar-refractivity contribution >= 4 is 11.8 Å². The van der Waals surface area contributed by atoms with Crippen LogP contribution in [0.4, 0.5) is 0 Å². The number of thioether (sulfide) groups is 1. The number of ether oxygens (including phenoxy) is 1. The molecule has 0 aliphatic carbocycles. The Bertz CT molecular complexity index is 191. The van der Waals surface area contributed by atoms with E-state index in [4.69, 9.17) is 4.74 Å². The highest BCUT2D eigenvalue weighted by Gasteiger charge is 2.07. The largest absolute Gasteiger partial charge is 0.389 e. The van der Waals surface area contributed by atoms with E-state index in [2.05, 4.69) is 33.0 Å². The number of aliphatic hydroxyl groups excluding tert-OH is 1. The Hall–Kier alpha value is 0.230. The van der Waals surface area contributed by atoms with Gasteiger partial charge in [-0.1, -0.05) is 20.8 Å². The molecule has 2 atom stereocenters. The average Bonchev–Trinajstić information content (AvgIpc) is 2.36. The van der Waals surface area contributed by atoms with Crippen LogP contribution in [0.3, 0.4) is 0 Å². The molecule has 0 aromatic rings. The molecule has 2 N–H and O–H groups in total. The maximum absolute atomic E-state index is 9.79. The van der Waals surface area contributed by atoms with E-state index in [-0.39, 0.29) is 6.10 Å². The SMILES string of the molecule is CCSCCC(C)NCC(O)COCCCC(C)C. The normalized spacial score (nSPS) is 14.8. The summed E-state index contributed by atoms with van der Waals surface area (Å²) in [6.45, 7) is 10.6. The summed E-state index contributed by atoms with van der Waals surface area (Å²) in [6.07, 6.45) is 3.05. The minimum absolute atomic E-state index is 0.389. The molecule has 0 saturated heterocycles. The van der Waals surface area contributed by atoms with Gasteiger partial charge in [0.15, 0.2) is 0 Å². The van der Waals surface area contributed by atoms with E-state index in [1.807, 2.05) is 11.8 Å². The molecule has 0 aliphatic heterocycles. The van der Waals surface area contributed by atoms with Gasteiger partial charge in [0.2, 0.25) is 0 Å². The molecule has 2 unspecified atom stereocenters. The molecule has 0 bridgehead atoms. The van der Waals surface area contributed by atoms with Crippen LogP contribution in [0.5, 0.6) is 0 Å². The highest BCUT2D eigenvalue weighted by atomic mass is 32.2. The smallest absolute Gasteiger partial charge is 0.0897 e. The van der Waals surface area contributed by atoms with E-state index >= 15 is 0 Å². The zero-order chi connectivity index (χ0) is 14.5. The second kappa shape index (κ2) is 13.2. The van der Waals surface area contributed by atoms with Crippen molar-refractivity contribution in [3.63, 3.8) is 0 Å². The molecular weight excluding hydrogens is 258 g/mol. The lowest BCUT2D eigenvalue weighted by atomic mass is 10.1. The van der Waals surface area contributed by atoms with Crippen LogP contribution in [0.15, 0.2) is 0 Å². The molecule has 0 aromatic heterocycles. The lowest BCUT2D eigenvalue weighted by molar-refractivity contribution is 0.0337. The van der Waals surface area contributed by atoms with Gasteiger partial charge >= 0.3 is 0 Å². The van der Waals surface area contributed by atoms with Crippen LogP contribution in [0.25, 0.3) is 0 Å². The van der Waals surface area contributed by atoms with E-state index < -0.39 is 0 Å². The molecule has 0 fully saturated rings. The first-order chi connectivity index (χ1) is 9.06. The Labute approximate surface area is 123 Å². The minimum atomic E-state index is -0.389. The fourth-order valence-electron chi connectivity index (χ4n) is 1.72. The lowest BCUT2D eigenvalue weighted by Crippen LogP contribution is -2.36. The monoisotopic (exact) mass is 291 g/mol. The number of nitrogens with one attached hydrogen (secondary N) is 1. The molecule has 0 saturated carbocycles. The summed E-state index contributed by atoms with van der Waals surface area (Å²) in [5.41, 5.74) is 0. The van der Waals surface area contributed by atoms with Crippen LogP contribution < -0.4 is 5.32 Å². The zero-order valence-corrected chi connectivity index (χ0v) is 14.0. The molecule has 0 aromatic carbocycles. The van der Waals surface area contributed by atoms with Gasteiger partial charge in [0.05, 0.1) is 12.7 Å². The molecule has 4 heteroatoms. The number of aliphatic hydroxyl groups is 1. The Kier molecular flexibility index (Phi) is 13.4. The predicted molar refractivity (Wildman–Crippen MR) is 86.0 cm³/mol. The van der Waals surface area contributed by atoms with E-state index in [0.717, 1.165) is 25.4 Å². The molecule has 116 valence electrons. The van der Waals surface area contributed by atoms with E-state index in [1.165, 1.54) is 17.9 Å². The molecule has 19 heavy (non-hydrogen) atoms. The van der Waals surface area contributed by atoms with Crippen molar-refractivity contribution in [2.45, 2.75) is 59.1 Å². The Morgan fingerprint density at radius 1 is 1.21 bits per heavy atom. The third kappa shape index (κ3) is 14.4. The molecule has 3 nitrogen and oxygen atoms in total. The highest BCUT2D eigenvalue weighted by molar-refractivity contribution is 7.99. The molecule has 0 amide bonds. The zero-order valence-electron chi connectivity index (χ0n) is 13.2. The van der Waals surface area contributed by atoms with Crippen molar-refractivity contribution in [3.8, 4) is 0 Å². The number of hydrogen-bond acceptors (Lipinski definition) is 4. The van der Waals surface area contributed by atoms with Gasteiger partial charge in [-0.05, 0) is 43.6 Å². The summed E-state index contributed by atoms with van der Waals surface area (Å²) in [5, 5.41) is 13.1. The van der Waals surface area contributed by atoms with Crippen LogP contribution in [-0.2, 0) is 4.74 Å². The van der Waals surface area contributed by atoms with Crippen LogP contribution in [0, 0.1) is 5.92 Å². The average molecular weight is 292 g/mol. The van der Waals surface area contributed by atoms with Crippen LogP contribution >= 0.6 is 11.8 Å². The Morgan fingerprint density at radius 3 is 2.58 bits per heavy atom. The minimum Gasteiger partial charge on any atom is -0.389 e. The van der Waals surface area contributed by atoms with Crippen molar-refractivity contribution in [2.24, 2.45) is 5.92 Å². The van der Waals surface area contributed by atoms with Gasteiger partial charge in [0.25, 0.3) is 0 Å². The first-order valence-corrected chi connectivity index (χ1v) is 8.78. The van der Waals surface area contributed by atoms with E-state index in [9.17, 15) is 5.11 Å². The van der Waals surface area contributed by atoms with Crippen molar-refractivity contribution < 1.29 is 9.84 Å². The summed E-state index contributed by atoms with van der Waals surface area (Å²) in [6, 6.07) is 0.467. The first-order valence-electron chi connectivity index (χ1n) is 7.63. The third-order valence-corrected chi connectivity index (χ3v) is 3.91. The molecule has 0 rings (SSSR count). The third-order valence-electron chi connectivity index (χ3n) is 2.98. The number of rotatable bonds is 13. The molecule has 0 spiro atoms. The number of hydrogen-bond donors (Lipinski definition) is 2. The van der Waals surface area contributed by atoms with Crippen LogP contribution in [0.1, 0.15) is 47.0 Å². The Morgan fingerprint density at radius 2 is 1.95 bits per heavy atom. The summed E-state index contributed by atoms with van der Waals surface area (Å²) in [7, 11) is 0. The van der Waals surface area contributed by atoms with Crippen molar-refractivity contribution in [2.75, 3.05) is 31.3 Å². The van der Waals surface area contributed by atoms with E-state index in [0.29, 0.717) is 19.2 Å². The topological polar surface area (TPSA) is 41.5 Å². The standard InChI is InChI=1S/C15H33NO2S/c1-5-19-10-8-14(4)16-11-15(17)12-18-9-6-7-13(2)3/h13-17H,5-12H2,1-4H3. The van der Waals surface area contributed by atoms with Crippen LogP contribution in [0.2, 0.25) is 0 Å². The molecule has 0 radical (unpaired) electrons. The maximum Gasteiger partial charge on any atom is 0.0897 e. The molecule has 0 aliphatic rings. The fraction of sp³-hybridized carbons (Fsp3) is 1.00. The van der Waals surface area contributed by atoms with Crippen molar-refractivity contribution in [1.82, 2.24) is 5.32 Å². The quantitative estimate of drug-likeness (QED) is 0.512. The van der Waals surface area contributed by atoms with E-state index in [1.54, 1.807) is 0 Å². The van der Waals surface area contributed by atoms with Gasteiger partial charge < -0.3 is 15.2 Å². The van der Waals surface area contributed by atoms with Crippen LogP contribution in [-0.4, -0.2) is 48.5 Å². The lowest BCUT2D eigenvalue weighted by Gasteiger charge is -2.17. The molecule has 0 heterocycles. The summed E-state index contributed by atoms with van der Waals surface area (Å²) >= 11 is 1.97. The Balaban J connectivity index is 3.35. The second-order valence-electron chi connectivity index (χ2n) is 5.56. The van der Waals surface area contributed by atoms with Gasteiger partial charge in [-0.15, -0.1) is 0 Å².